The summed E-state index contributed by atoms with van der Waals surface area (Å²) in [7, 11) is 0. The molecule has 1 aromatic heterocycles. The number of benzene rings is 2. The molecule has 0 aliphatic carbocycles. The number of hydrogen-bond acceptors (Lipinski definition) is 5. The number of aliphatic hydroxyl groups excluding tert-OH is 1. The number of ether oxygens (including phenoxy) is 1. The summed E-state index contributed by atoms with van der Waals surface area (Å²) in [6.45, 7) is 6.89. The molecular formula is C24H27N3O4. The van der Waals surface area contributed by atoms with Gasteiger partial charge in [0.1, 0.15) is 12.4 Å². The first-order valence-electron chi connectivity index (χ1n) is 10.4. The molecule has 0 radical (unpaired) electrons. The number of rotatable bonds is 7. The van der Waals surface area contributed by atoms with E-state index >= 15 is 0 Å². The molecule has 2 heterocycles. The van der Waals surface area contributed by atoms with Crippen molar-refractivity contribution in [2.45, 2.75) is 33.2 Å². The lowest BCUT2D eigenvalue weighted by molar-refractivity contribution is 0.201. The Bertz CT molecular complexity index is 1090. The van der Waals surface area contributed by atoms with Crippen molar-refractivity contribution in [2.75, 3.05) is 24.7 Å². The van der Waals surface area contributed by atoms with Crippen molar-refractivity contribution in [3.8, 4) is 17.1 Å². The summed E-state index contributed by atoms with van der Waals surface area (Å²) in [6, 6.07) is 11.9. The highest BCUT2D eigenvalue weighted by atomic mass is 16.5. The summed E-state index contributed by atoms with van der Waals surface area (Å²) in [6.07, 6.45) is 2.26. The zero-order chi connectivity index (χ0) is 22.0. The SMILES string of the molecule is Cc1cc(-c2cnc(Cc3cc(OCCO)ccc3C)o2)cc(N2CC(C)NC2=O)c1. The molecule has 2 N–H and O–H groups in total. The van der Waals surface area contributed by atoms with Crippen molar-refractivity contribution in [1.29, 1.82) is 0 Å². The quantitative estimate of drug-likeness (QED) is 0.605. The van der Waals surface area contributed by atoms with E-state index in [-0.39, 0.29) is 25.3 Å². The van der Waals surface area contributed by atoms with Crippen LogP contribution in [0.4, 0.5) is 10.5 Å². The van der Waals surface area contributed by atoms with Crippen LogP contribution in [0.15, 0.2) is 47.0 Å². The monoisotopic (exact) mass is 421 g/mol. The fraction of sp³-hybridized carbons (Fsp3) is 0.333. The number of aryl methyl sites for hydroxylation is 2. The normalized spacial score (nSPS) is 15.9. The third-order valence-corrected chi connectivity index (χ3v) is 5.31. The number of aromatic nitrogens is 1. The van der Waals surface area contributed by atoms with Crippen molar-refractivity contribution in [2.24, 2.45) is 0 Å². The van der Waals surface area contributed by atoms with E-state index in [1.54, 1.807) is 11.1 Å². The fourth-order valence-corrected chi connectivity index (χ4v) is 3.75. The molecule has 1 aliphatic rings. The minimum absolute atomic E-state index is 0.0250. The van der Waals surface area contributed by atoms with E-state index in [0.717, 1.165) is 27.9 Å². The molecule has 1 saturated heterocycles. The number of hydrogen-bond donors (Lipinski definition) is 2. The van der Waals surface area contributed by atoms with Crippen LogP contribution in [-0.2, 0) is 6.42 Å². The van der Waals surface area contributed by atoms with Crippen molar-refractivity contribution in [3.63, 3.8) is 0 Å². The molecule has 3 aromatic rings. The first kappa shape index (κ1) is 20.9. The molecule has 7 heteroatoms. The van der Waals surface area contributed by atoms with Gasteiger partial charge in [-0.3, -0.25) is 4.90 Å². The van der Waals surface area contributed by atoms with Gasteiger partial charge < -0.3 is 19.6 Å². The molecular weight excluding hydrogens is 394 g/mol. The van der Waals surface area contributed by atoms with E-state index in [2.05, 4.69) is 10.3 Å². The van der Waals surface area contributed by atoms with Crippen LogP contribution in [0.25, 0.3) is 11.3 Å². The fourth-order valence-electron chi connectivity index (χ4n) is 3.75. The summed E-state index contributed by atoms with van der Waals surface area (Å²) in [5.74, 6) is 1.98. The largest absolute Gasteiger partial charge is 0.491 e. The van der Waals surface area contributed by atoms with Crippen LogP contribution in [0.2, 0.25) is 0 Å². The molecule has 1 unspecified atom stereocenters. The molecule has 7 nitrogen and oxygen atoms in total. The second-order valence-corrected chi connectivity index (χ2v) is 7.97. The number of urea groups is 1. The number of carbonyl (C=O) groups is 1. The van der Waals surface area contributed by atoms with Crippen LogP contribution < -0.4 is 15.0 Å². The maximum Gasteiger partial charge on any atom is 0.322 e. The topological polar surface area (TPSA) is 87.8 Å². The molecule has 0 saturated carbocycles. The summed E-state index contributed by atoms with van der Waals surface area (Å²) < 4.78 is 11.6. The predicted octanol–water partition coefficient (Wildman–Crippen LogP) is 3.84. The second kappa shape index (κ2) is 8.81. The van der Waals surface area contributed by atoms with Gasteiger partial charge in [0.05, 0.1) is 12.8 Å². The number of anilines is 1. The first-order valence-corrected chi connectivity index (χ1v) is 10.4. The highest BCUT2D eigenvalue weighted by Crippen LogP contribution is 2.29. The van der Waals surface area contributed by atoms with Crippen LogP contribution in [0.3, 0.4) is 0 Å². The minimum atomic E-state index is -0.0823. The Labute approximate surface area is 181 Å². The molecule has 0 bridgehead atoms. The van der Waals surface area contributed by atoms with Crippen LogP contribution >= 0.6 is 0 Å². The van der Waals surface area contributed by atoms with Crippen molar-refractivity contribution in [1.82, 2.24) is 10.3 Å². The van der Waals surface area contributed by atoms with Crippen LogP contribution in [0.5, 0.6) is 5.75 Å². The number of oxazole rings is 1. The number of aliphatic hydroxyl groups is 1. The molecule has 1 aliphatic heterocycles. The third-order valence-electron chi connectivity index (χ3n) is 5.31. The third kappa shape index (κ3) is 4.72. The molecule has 2 aromatic carbocycles. The van der Waals surface area contributed by atoms with Gasteiger partial charge >= 0.3 is 6.03 Å². The standard InChI is InChI=1S/C24H27N3O4/c1-15-8-19(10-20(9-15)27-14-17(3)26-24(27)29)22-13-25-23(31-22)12-18-11-21(30-7-6-28)5-4-16(18)2/h4-5,8-11,13,17,28H,6-7,12,14H2,1-3H3,(H,26,29). The Morgan fingerprint density at radius 3 is 2.84 bits per heavy atom. The molecule has 31 heavy (non-hydrogen) atoms. The predicted molar refractivity (Wildman–Crippen MR) is 119 cm³/mol. The van der Waals surface area contributed by atoms with E-state index in [9.17, 15) is 4.79 Å². The van der Waals surface area contributed by atoms with Crippen LogP contribution in [0.1, 0.15) is 29.5 Å². The van der Waals surface area contributed by atoms with Gasteiger partial charge in [-0.25, -0.2) is 9.78 Å². The minimum Gasteiger partial charge on any atom is -0.491 e. The van der Waals surface area contributed by atoms with Crippen LogP contribution in [0, 0.1) is 13.8 Å². The highest BCUT2D eigenvalue weighted by Gasteiger charge is 2.27. The summed E-state index contributed by atoms with van der Waals surface area (Å²) >= 11 is 0. The van der Waals surface area contributed by atoms with Gasteiger partial charge in [-0.1, -0.05) is 6.07 Å². The van der Waals surface area contributed by atoms with Crippen molar-refractivity contribution < 1.29 is 19.1 Å². The average molecular weight is 421 g/mol. The van der Waals surface area contributed by atoms with Gasteiger partial charge in [-0.15, -0.1) is 0 Å². The van der Waals surface area contributed by atoms with Gasteiger partial charge in [0.15, 0.2) is 11.7 Å². The molecule has 162 valence electrons. The van der Waals surface area contributed by atoms with E-state index in [0.29, 0.717) is 30.4 Å². The van der Waals surface area contributed by atoms with Gasteiger partial charge in [0.25, 0.3) is 0 Å². The Morgan fingerprint density at radius 1 is 1.26 bits per heavy atom. The van der Waals surface area contributed by atoms with Crippen LogP contribution in [-0.4, -0.2) is 41.9 Å². The lowest BCUT2D eigenvalue weighted by Crippen LogP contribution is -2.28. The van der Waals surface area contributed by atoms with E-state index < -0.39 is 0 Å². The molecule has 0 spiro atoms. The maximum absolute atomic E-state index is 12.2. The Morgan fingerprint density at radius 2 is 2.10 bits per heavy atom. The smallest absolute Gasteiger partial charge is 0.322 e. The zero-order valence-corrected chi connectivity index (χ0v) is 18.0. The molecule has 4 rings (SSSR count). The summed E-state index contributed by atoms with van der Waals surface area (Å²) in [4.78, 5) is 18.4. The lowest BCUT2D eigenvalue weighted by Gasteiger charge is -2.16. The van der Waals surface area contributed by atoms with Crippen molar-refractivity contribution >= 4 is 11.7 Å². The van der Waals surface area contributed by atoms with E-state index in [1.165, 1.54) is 0 Å². The Hall–Kier alpha value is -3.32. The average Bonchev–Trinajstić information content (AvgIpc) is 3.34. The van der Waals surface area contributed by atoms with Gasteiger partial charge in [-0.2, -0.15) is 0 Å². The highest BCUT2D eigenvalue weighted by molar-refractivity contribution is 5.95. The number of amides is 2. The Balaban J connectivity index is 1.56. The van der Waals surface area contributed by atoms with E-state index in [4.69, 9.17) is 14.3 Å². The molecule has 2 amide bonds. The zero-order valence-electron chi connectivity index (χ0n) is 18.0. The molecule has 1 atom stereocenters. The first-order chi connectivity index (χ1) is 14.9. The molecule has 1 fully saturated rings. The van der Waals surface area contributed by atoms with Gasteiger partial charge in [0, 0.05) is 30.3 Å². The van der Waals surface area contributed by atoms with Crippen molar-refractivity contribution in [3.05, 3.63) is 65.2 Å². The van der Waals surface area contributed by atoms with Gasteiger partial charge in [-0.05, 0) is 67.8 Å². The van der Waals surface area contributed by atoms with Gasteiger partial charge in [0.2, 0.25) is 0 Å². The summed E-state index contributed by atoms with van der Waals surface area (Å²) in [5.41, 5.74) is 4.94. The number of nitrogens with zero attached hydrogens (tertiary/aromatic N) is 2. The number of nitrogens with one attached hydrogen (secondary N) is 1. The lowest BCUT2D eigenvalue weighted by atomic mass is 10.1. The maximum atomic E-state index is 12.2. The Kier molecular flexibility index (Phi) is 5.95. The second-order valence-electron chi connectivity index (χ2n) is 7.97. The number of carbonyl (C=O) groups excluding carboxylic acids is 1. The van der Waals surface area contributed by atoms with E-state index in [1.807, 2.05) is 57.2 Å². The summed E-state index contributed by atoms with van der Waals surface area (Å²) in [5, 5.41) is 11.9.